The van der Waals surface area contributed by atoms with E-state index in [-0.39, 0.29) is 49.2 Å². The van der Waals surface area contributed by atoms with Gasteiger partial charge in [-0.1, -0.05) is 12.1 Å². The zero-order chi connectivity index (χ0) is 16.2. The number of carbonyl (C=O) groups excluding carboxylic acids is 1. The molecule has 23 heavy (non-hydrogen) atoms. The molecule has 0 radical (unpaired) electrons. The summed E-state index contributed by atoms with van der Waals surface area (Å²) in [5, 5.41) is 2.67. The van der Waals surface area contributed by atoms with E-state index >= 15 is 0 Å². The zero-order valence-electron chi connectivity index (χ0n) is 12.4. The van der Waals surface area contributed by atoms with Crippen LogP contribution in [-0.2, 0) is 11.0 Å². The van der Waals surface area contributed by atoms with Crippen molar-refractivity contribution < 1.29 is 22.7 Å². The van der Waals surface area contributed by atoms with E-state index in [0.717, 1.165) is 18.9 Å². The third kappa shape index (κ3) is 5.58. The molecule has 2 atom stereocenters. The molecule has 1 saturated carbocycles. The fourth-order valence-corrected chi connectivity index (χ4v) is 2.56. The zero-order valence-corrected chi connectivity index (χ0v) is 13.3. The van der Waals surface area contributed by atoms with Crippen molar-refractivity contribution in [2.75, 3.05) is 13.2 Å². The molecular formula is C15H20ClF3N2O2. The van der Waals surface area contributed by atoms with E-state index in [0.29, 0.717) is 6.42 Å². The van der Waals surface area contributed by atoms with Crippen molar-refractivity contribution in [3.05, 3.63) is 29.8 Å². The number of amides is 1. The Morgan fingerprint density at radius 2 is 2.00 bits per heavy atom. The van der Waals surface area contributed by atoms with Gasteiger partial charge in [0, 0.05) is 12.0 Å². The Kier molecular flexibility index (Phi) is 7.15. The number of halogens is 4. The molecule has 130 valence electrons. The Morgan fingerprint density at radius 1 is 1.30 bits per heavy atom. The largest absolute Gasteiger partial charge is 0.491 e. The highest BCUT2D eigenvalue weighted by Crippen LogP contribution is 2.35. The number of hydrogen-bond donors (Lipinski definition) is 2. The van der Waals surface area contributed by atoms with E-state index in [1.807, 2.05) is 0 Å². The lowest BCUT2D eigenvalue weighted by molar-refractivity contribution is -0.139. The van der Waals surface area contributed by atoms with E-state index in [1.165, 1.54) is 18.2 Å². The second kappa shape index (κ2) is 8.40. The predicted octanol–water partition coefficient (Wildman–Crippen LogP) is 2.75. The van der Waals surface area contributed by atoms with Gasteiger partial charge >= 0.3 is 6.18 Å². The minimum absolute atomic E-state index is 0. The monoisotopic (exact) mass is 352 g/mol. The summed E-state index contributed by atoms with van der Waals surface area (Å²) >= 11 is 0. The molecule has 0 aromatic heterocycles. The number of alkyl halides is 3. The van der Waals surface area contributed by atoms with Crippen LogP contribution >= 0.6 is 12.4 Å². The number of ether oxygens (including phenoxy) is 1. The van der Waals surface area contributed by atoms with Crippen LogP contribution in [0.1, 0.15) is 24.8 Å². The third-order valence-electron chi connectivity index (χ3n) is 3.70. The van der Waals surface area contributed by atoms with Crippen LogP contribution in [0.4, 0.5) is 13.2 Å². The van der Waals surface area contributed by atoms with Crippen molar-refractivity contribution in [3.8, 4) is 5.75 Å². The highest BCUT2D eigenvalue weighted by molar-refractivity contribution is 5.85. The van der Waals surface area contributed by atoms with Crippen LogP contribution in [0.15, 0.2) is 24.3 Å². The van der Waals surface area contributed by atoms with E-state index in [2.05, 4.69) is 5.32 Å². The lowest BCUT2D eigenvalue weighted by atomic mass is 10.1. The van der Waals surface area contributed by atoms with Crippen molar-refractivity contribution in [2.45, 2.75) is 31.5 Å². The highest BCUT2D eigenvalue weighted by atomic mass is 35.5. The SMILES string of the molecule is Cl.NC1CCC(C(=O)NCCOc2ccccc2C(F)(F)F)C1. The number of nitrogens with one attached hydrogen (secondary N) is 1. The molecule has 1 fully saturated rings. The summed E-state index contributed by atoms with van der Waals surface area (Å²) in [4.78, 5) is 11.8. The number of rotatable bonds is 5. The summed E-state index contributed by atoms with van der Waals surface area (Å²) in [5.74, 6) is -0.440. The molecule has 0 heterocycles. The molecule has 1 aliphatic rings. The number of hydrogen-bond acceptors (Lipinski definition) is 3. The molecule has 0 aliphatic heterocycles. The number of benzene rings is 1. The van der Waals surface area contributed by atoms with Crippen LogP contribution in [0.5, 0.6) is 5.75 Å². The second-order valence-electron chi connectivity index (χ2n) is 5.40. The molecule has 8 heteroatoms. The first kappa shape index (κ1) is 19.6. The van der Waals surface area contributed by atoms with Gasteiger partial charge in [0.2, 0.25) is 5.91 Å². The molecule has 0 bridgehead atoms. The van der Waals surface area contributed by atoms with E-state index in [1.54, 1.807) is 0 Å². The summed E-state index contributed by atoms with van der Waals surface area (Å²) in [7, 11) is 0. The minimum Gasteiger partial charge on any atom is -0.491 e. The third-order valence-corrected chi connectivity index (χ3v) is 3.70. The van der Waals surface area contributed by atoms with Crippen LogP contribution in [0.2, 0.25) is 0 Å². The molecule has 4 nitrogen and oxygen atoms in total. The molecule has 0 spiro atoms. The summed E-state index contributed by atoms with van der Waals surface area (Å²) in [5.41, 5.74) is 4.92. The van der Waals surface area contributed by atoms with Crippen molar-refractivity contribution in [3.63, 3.8) is 0 Å². The van der Waals surface area contributed by atoms with Crippen LogP contribution in [0, 0.1) is 5.92 Å². The van der Waals surface area contributed by atoms with Crippen molar-refractivity contribution >= 4 is 18.3 Å². The van der Waals surface area contributed by atoms with Gasteiger partial charge in [-0.25, -0.2) is 0 Å². The van der Waals surface area contributed by atoms with Gasteiger partial charge in [0.25, 0.3) is 0 Å². The van der Waals surface area contributed by atoms with Crippen LogP contribution in [-0.4, -0.2) is 25.1 Å². The lowest BCUT2D eigenvalue weighted by Crippen LogP contribution is -2.33. The molecular weight excluding hydrogens is 333 g/mol. The van der Waals surface area contributed by atoms with E-state index < -0.39 is 11.7 Å². The van der Waals surface area contributed by atoms with Crippen LogP contribution in [0.25, 0.3) is 0 Å². The van der Waals surface area contributed by atoms with E-state index in [9.17, 15) is 18.0 Å². The van der Waals surface area contributed by atoms with Gasteiger partial charge in [-0.2, -0.15) is 13.2 Å². The summed E-state index contributed by atoms with van der Waals surface area (Å²) < 4.78 is 43.4. The molecule has 1 amide bonds. The quantitative estimate of drug-likeness (QED) is 0.801. The van der Waals surface area contributed by atoms with Crippen LogP contribution in [0.3, 0.4) is 0 Å². The number of nitrogens with two attached hydrogens (primary N) is 1. The maximum atomic E-state index is 12.8. The normalized spacial score (nSPS) is 20.7. The van der Waals surface area contributed by atoms with Gasteiger partial charge in [-0.15, -0.1) is 12.4 Å². The van der Waals surface area contributed by atoms with Gasteiger partial charge in [0.05, 0.1) is 12.1 Å². The Labute approximate surface area is 139 Å². The predicted molar refractivity (Wildman–Crippen MR) is 82.5 cm³/mol. The fraction of sp³-hybridized carbons (Fsp3) is 0.533. The molecule has 1 aromatic rings. The maximum Gasteiger partial charge on any atom is 0.419 e. The second-order valence-corrected chi connectivity index (χ2v) is 5.40. The van der Waals surface area contributed by atoms with Gasteiger partial charge in [-0.05, 0) is 31.4 Å². The smallest absolute Gasteiger partial charge is 0.419 e. The molecule has 2 rings (SSSR count). The Balaban J connectivity index is 0.00000264. The van der Waals surface area contributed by atoms with Crippen molar-refractivity contribution in [1.82, 2.24) is 5.32 Å². The molecule has 1 aliphatic carbocycles. The Bertz CT molecular complexity index is 526. The highest BCUT2D eigenvalue weighted by Gasteiger charge is 2.34. The first-order valence-corrected chi connectivity index (χ1v) is 7.20. The van der Waals surface area contributed by atoms with Gasteiger partial charge < -0.3 is 15.8 Å². The van der Waals surface area contributed by atoms with Crippen molar-refractivity contribution in [2.24, 2.45) is 11.7 Å². The average Bonchev–Trinajstić information content (AvgIpc) is 2.89. The first-order chi connectivity index (χ1) is 10.4. The molecule has 2 unspecified atom stereocenters. The lowest BCUT2D eigenvalue weighted by Gasteiger charge is -2.15. The van der Waals surface area contributed by atoms with Gasteiger partial charge in [0.1, 0.15) is 12.4 Å². The Hall–Kier alpha value is -1.47. The Morgan fingerprint density at radius 3 is 2.61 bits per heavy atom. The molecule has 3 N–H and O–H groups in total. The fourth-order valence-electron chi connectivity index (χ4n) is 2.56. The average molecular weight is 353 g/mol. The van der Waals surface area contributed by atoms with Gasteiger partial charge in [0.15, 0.2) is 0 Å². The number of carbonyl (C=O) groups is 1. The van der Waals surface area contributed by atoms with Crippen LogP contribution < -0.4 is 15.8 Å². The summed E-state index contributed by atoms with van der Waals surface area (Å²) in [6.45, 7) is 0.147. The maximum absolute atomic E-state index is 12.8. The summed E-state index contributed by atoms with van der Waals surface area (Å²) in [6.07, 6.45) is -2.22. The topological polar surface area (TPSA) is 64.4 Å². The van der Waals surface area contributed by atoms with E-state index in [4.69, 9.17) is 10.5 Å². The number of para-hydroxylation sites is 1. The molecule has 0 saturated heterocycles. The standard InChI is InChI=1S/C15H19F3N2O2.ClH/c16-15(17,18)12-3-1-2-4-13(12)22-8-7-20-14(21)10-5-6-11(19)9-10;/h1-4,10-11H,5-9,19H2,(H,20,21);1H. The first-order valence-electron chi connectivity index (χ1n) is 7.20. The van der Waals surface area contributed by atoms with Crippen molar-refractivity contribution in [1.29, 1.82) is 0 Å². The minimum atomic E-state index is -4.46. The summed E-state index contributed by atoms with van der Waals surface area (Å²) in [6, 6.07) is 5.07. The molecule has 1 aromatic carbocycles. The van der Waals surface area contributed by atoms with Gasteiger partial charge in [-0.3, -0.25) is 4.79 Å².